The minimum atomic E-state index is -1.13. The van der Waals surface area contributed by atoms with E-state index in [4.69, 9.17) is 9.47 Å². The van der Waals surface area contributed by atoms with E-state index in [1.165, 1.54) is 18.0 Å². The standard InChI is InChI=1S/C18H20N2O6S/c1-3-20-8-11(17(22)19-12(18(23)24)4-5-27-2)16(21)10-6-14-15(7-13(10)20)26-9-25-14/h6-8,12H,3-5,9H2,1-2H3,(H,19,22)(H,23,24)/t12-/m1/s1. The lowest BCUT2D eigenvalue weighted by molar-refractivity contribution is -0.139. The second-order valence-electron chi connectivity index (χ2n) is 6.03. The number of amides is 1. The summed E-state index contributed by atoms with van der Waals surface area (Å²) < 4.78 is 12.4. The predicted octanol–water partition coefficient (Wildman–Crippen LogP) is 1.69. The number of hydrogen-bond donors (Lipinski definition) is 2. The Labute approximate surface area is 159 Å². The molecule has 8 nitrogen and oxygen atoms in total. The number of aryl methyl sites for hydroxylation is 1. The van der Waals surface area contributed by atoms with Gasteiger partial charge in [-0.05, 0) is 31.4 Å². The monoisotopic (exact) mass is 392 g/mol. The second kappa shape index (κ2) is 7.91. The van der Waals surface area contributed by atoms with Crippen molar-refractivity contribution in [3.8, 4) is 11.5 Å². The molecule has 0 saturated heterocycles. The van der Waals surface area contributed by atoms with Crippen molar-refractivity contribution in [3.05, 3.63) is 34.1 Å². The van der Waals surface area contributed by atoms with Crippen LogP contribution in [-0.2, 0) is 11.3 Å². The van der Waals surface area contributed by atoms with Gasteiger partial charge in [0.1, 0.15) is 11.6 Å². The summed E-state index contributed by atoms with van der Waals surface area (Å²) >= 11 is 1.49. The molecule has 2 N–H and O–H groups in total. The van der Waals surface area contributed by atoms with Crippen molar-refractivity contribution >= 4 is 34.5 Å². The Morgan fingerprint density at radius 3 is 2.67 bits per heavy atom. The number of hydrogen-bond acceptors (Lipinski definition) is 6. The first kappa shape index (κ1) is 19.1. The number of aliphatic carboxylic acids is 1. The number of carbonyl (C=O) groups excluding carboxylic acids is 1. The van der Waals surface area contributed by atoms with Gasteiger partial charge in [0.2, 0.25) is 12.2 Å². The van der Waals surface area contributed by atoms with Crippen LogP contribution >= 0.6 is 11.8 Å². The third-order valence-corrected chi connectivity index (χ3v) is 5.02. The molecule has 0 unspecified atom stereocenters. The van der Waals surface area contributed by atoms with Crippen molar-refractivity contribution in [2.75, 3.05) is 18.8 Å². The molecule has 144 valence electrons. The minimum Gasteiger partial charge on any atom is -0.480 e. The van der Waals surface area contributed by atoms with Gasteiger partial charge in [0.15, 0.2) is 11.5 Å². The Balaban J connectivity index is 2.02. The lowest BCUT2D eigenvalue weighted by Crippen LogP contribution is -2.42. The number of rotatable bonds is 7. The van der Waals surface area contributed by atoms with Crippen LogP contribution in [0, 0.1) is 0 Å². The van der Waals surface area contributed by atoms with E-state index in [1.54, 1.807) is 16.7 Å². The molecule has 0 aliphatic carbocycles. The summed E-state index contributed by atoms with van der Waals surface area (Å²) in [6, 6.07) is 2.22. The smallest absolute Gasteiger partial charge is 0.326 e. The number of fused-ring (bicyclic) bond motifs is 2. The molecule has 1 atom stereocenters. The number of carboxylic acids is 1. The molecule has 1 amide bonds. The second-order valence-corrected chi connectivity index (χ2v) is 7.01. The van der Waals surface area contributed by atoms with Gasteiger partial charge in [-0.25, -0.2) is 4.79 Å². The van der Waals surface area contributed by atoms with E-state index in [1.807, 2.05) is 13.2 Å². The molecule has 0 radical (unpaired) electrons. The van der Waals surface area contributed by atoms with Crippen molar-refractivity contribution < 1.29 is 24.2 Å². The van der Waals surface area contributed by atoms with Crippen LogP contribution in [0.15, 0.2) is 23.1 Å². The predicted molar refractivity (Wildman–Crippen MR) is 102 cm³/mol. The fraction of sp³-hybridized carbons (Fsp3) is 0.389. The van der Waals surface area contributed by atoms with Gasteiger partial charge in [0.25, 0.3) is 5.91 Å². The summed E-state index contributed by atoms with van der Waals surface area (Å²) in [6.07, 6.45) is 3.58. The van der Waals surface area contributed by atoms with Gasteiger partial charge in [0, 0.05) is 18.8 Å². The van der Waals surface area contributed by atoms with E-state index in [9.17, 15) is 19.5 Å². The quantitative estimate of drug-likeness (QED) is 0.738. The average Bonchev–Trinajstić information content (AvgIpc) is 3.11. The number of aromatic nitrogens is 1. The zero-order valence-electron chi connectivity index (χ0n) is 15.0. The summed E-state index contributed by atoms with van der Waals surface area (Å²) in [4.78, 5) is 36.9. The molecule has 1 aliphatic rings. The zero-order valence-corrected chi connectivity index (χ0v) is 15.8. The highest BCUT2D eigenvalue weighted by molar-refractivity contribution is 7.98. The maximum absolute atomic E-state index is 12.9. The maximum Gasteiger partial charge on any atom is 0.326 e. The summed E-state index contributed by atoms with van der Waals surface area (Å²) in [5.74, 6) is -0.252. The number of carboxylic acid groups (broad SMARTS) is 1. The van der Waals surface area contributed by atoms with Gasteiger partial charge in [-0.1, -0.05) is 0 Å². The van der Waals surface area contributed by atoms with Crippen LogP contribution in [0.5, 0.6) is 11.5 Å². The molecule has 0 saturated carbocycles. The molecule has 9 heteroatoms. The van der Waals surface area contributed by atoms with Crippen molar-refractivity contribution in [1.29, 1.82) is 0 Å². The molecule has 0 spiro atoms. The van der Waals surface area contributed by atoms with Gasteiger partial charge >= 0.3 is 5.97 Å². The van der Waals surface area contributed by atoms with Gasteiger partial charge in [-0.15, -0.1) is 0 Å². The molecule has 1 aromatic carbocycles. The third-order valence-electron chi connectivity index (χ3n) is 4.37. The minimum absolute atomic E-state index is 0.0784. The number of pyridine rings is 1. The SMILES string of the molecule is CCn1cc(C(=O)N[C@H](CCSC)C(=O)O)c(=O)c2cc3c(cc21)OCO3. The fourth-order valence-corrected chi connectivity index (χ4v) is 3.40. The van der Waals surface area contributed by atoms with Crippen molar-refractivity contribution in [2.45, 2.75) is 25.9 Å². The summed E-state index contributed by atoms with van der Waals surface area (Å²) in [5.41, 5.74) is 0.0542. The van der Waals surface area contributed by atoms with E-state index in [0.717, 1.165) is 0 Å². The van der Waals surface area contributed by atoms with Crippen LogP contribution in [0.3, 0.4) is 0 Å². The molecule has 0 fully saturated rings. The Kier molecular flexibility index (Phi) is 5.59. The molecule has 2 heterocycles. The summed E-state index contributed by atoms with van der Waals surface area (Å²) in [5, 5.41) is 12.1. The third kappa shape index (κ3) is 3.73. The van der Waals surface area contributed by atoms with Gasteiger partial charge in [0.05, 0.1) is 10.9 Å². The lowest BCUT2D eigenvalue weighted by atomic mass is 10.1. The highest BCUT2D eigenvalue weighted by atomic mass is 32.2. The number of thioether (sulfide) groups is 1. The Hall–Kier alpha value is -2.68. The lowest BCUT2D eigenvalue weighted by Gasteiger charge is -2.16. The first-order chi connectivity index (χ1) is 13.0. The van der Waals surface area contributed by atoms with Gasteiger partial charge < -0.3 is 24.5 Å². The van der Waals surface area contributed by atoms with E-state index in [0.29, 0.717) is 34.7 Å². The van der Waals surface area contributed by atoms with Crippen LogP contribution in [0.2, 0.25) is 0 Å². The number of ether oxygens (including phenoxy) is 2. The van der Waals surface area contributed by atoms with Gasteiger partial charge in [-0.3, -0.25) is 9.59 Å². The molecule has 2 aromatic rings. The summed E-state index contributed by atoms with van der Waals surface area (Å²) in [7, 11) is 0. The highest BCUT2D eigenvalue weighted by Gasteiger charge is 2.24. The molecule has 0 bridgehead atoms. The van der Waals surface area contributed by atoms with E-state index >= 15 is 0 Å². The Morgan fingerprint density at radius 1 is 1.33 bits per heavy atom. The first-order valence-corrected chi connectivity index (χ1v) is 9.85. The Morgan fingerprint density at radius 2 is 2.04 bits per heavy atom. The molecular weight excluding hydrogens is 372 g/mol. The molecule has 3 rings (SSSR count). The van der Waals surface area contributed by atoms with Crippen molar-refractivity contribution in [1.82, 2.24) is 9.88 Å². The summed E-state index contributed by atoms with van der Waals surface area (Å²) in [6.45, 7) is 2.48. The largest absolute Gasteiger partial charge is 0.480 e. The van der Waals surface area contributed by atoms with E-state index in [2.05, 4.69) is 5.32 Å². The van der Waals surface area contributed by atoms with Crippen molar-refractivity contribution in [3.63, 3.8) is 0 Å². The molecule has 1 aliphatic heterocycles. The number of carbonyl (C=O) groups is 2. The number of nitrogens with zero attached hydrogens (tertiary/aromatic N) is 1. The van der Waals surface area contributed by atoms with Crippen LogP contribution in [-0.4, -0.2) is 46.4 Å². The van der Waals surface area contributed by atoms with Crippen LogP contribution in [0.1, 0.15) is 23.7 Å². The van der Waals surface area contributed by atoms with Crippen LogP contribution in [0.25, 0.3) is 10.9 Å². The maximum atomic E-state index is 12.9. The van der Waals surface area contributed by atoms with Crippen LogP contribution < -0.4 is 20.2 Å². The molecule has 27 heavy (non-hydrogen) atoms. The average molecular weight is 392 g/mol. The number of benzene rings is 1. The molecule has 1 aromatic heterocycles. The topological polar surface area (TPSA) is 107 Å². The molecular formula is C18H20N2O6S. The van der Waals surface area contributed by atoms with E-state index < -0.39 is 23.3 Å². The van der Waals surface area contributed by atoms with Crippen LogP contribution in [0.4, 0.5) is 0 Å². The van der Waals surface area contributed by atoms with E-state index in [-0.39, 0.29) is 18.8 Å². The zero-order chi connectivity index (χ0) is 19.6. The normalized spacial score (nSPS) is 13.6. The van der Waals surface area contributed by atoms with Crippen molar-refractivity contribution in [2.24, 2.45) is 0 Å². The number of nitrogens with one attached hydrogen (secondary N) is 1. The van der Waals surface area contributed by atoms with Gasteiger partial charge in [-0.2, -0.15) is 11.8 Å². The fourth-order valence-electron chi connectivity index (χ4n) is 2.93. The Bertz CT molecular complexity index is 955. The highest BCUT2D eigenvalue weighted by Crippen LogP contribution is 2.35. The first-order valence-electron chi connectivity index (χ1n) is 8.45.